The van der Waals surface area contributed by atoms with E-state index in [1.165, 1.54) is 0 Å². The highest BCUT2D eigenvalue weighted by Crippen LogP contribution is 2.16. The van der Waals surface area contributed by atoms with Gasteiger partial charge in [-0.1, -0.05) is 19.9 Å². The van der Waals surface area contributed by atoms with E-state index >= 15 is 0 Å². The van der Waals surface area contributed by atoms with Crippen molar-refractivity contribution in [1.82, 2.24) is 4.90 Å². The Bertz CT molecular complexity index is 392. The van der Waals surface area contributed by atoms with Crippen LogP contribution in [0.5, 0.6) is 5.75 Å². The molecule has 1 N–H and O–H groups in total. The number of carbonyl (C=O) groups excluding carboxylic acids is 1. The number of nitrogens with one attached hydrogen (secondary N) is 1. The van der Waals surface area contributed by atoms with Gasteiger partial charge in [0.1, 0.15) is 12.4 Å². The summed E-state index contributed by atoms with van der Waals surface area (Å²) in [5.41, 5.74) is 0.659. The topological polar surface area (TPSA) is 50.8 Å². The van der Waals surface area contributed by atoms with E-state index in [0.29, 0.717) is 18.0 Å². The van der Waals surface area contributed by atoms with Crippen LogP contribution in [-0.4, -0.2) is 44.3 Å². The summed E-state index contributed by atoms with van der Waals surface area (Å²) in [5.74, 6) is 0.695. The highest BCUT2D eigenvalue weighted by atomic mass is 16.5. The van der Waals surface area contributed by atoms with Crippen molar-refractivity contribution in [2.45, 2.75) is 13.8 Å². The molecule has 1 amide bonds. The molecule has 5 nitrogen and oxygen atoms in total. The number of amides is 1. The van der Waals surface area contributed by atoms with Crippen molar-refractivity contribution in [3.05, 3.63) is 24.3 Å². The molecule has 0 bridgehead atoms. The van der Waals surface area contributed by atoms with Crippen LogP contribution in [0.1, 0.15) is 13.8 Å². The Morgan fingerprint density at radius 2 is 2.05 bits per heavy atom. The third-order valence-corrected chi connectivity index (χ3v) is 2.85. The number of hydrogen-bond donors (Lipinski definition) is 1. The summed E-state index contributed by atoms with van der Waals surface area (Å²) in [7, 11) is 1.58. The predicted molar refractivity (Wildman–Crippen MR) is 75.8 cm³/mol. The van der Waals surface area contributed by atoms with Crippen LogP contribution in [0.2, 0.25) is 0 Å². The van der Waals surface area contributed by atoms with Gasteiger partial charge in [0, 0.05) is 18.3 Å². The molecule has 0 spiro atoms. The van der Waals surface area contributed by atoms with E-state index < -0.39 is 6.09 Å². The molecule has 5 heteroatoms. The lowest BCUT2D eigenvalue weighted by Crippen LogP contribution is -2.28. The third kappa shape index (κ3) is 5.61. The van der Waals surface area contributed by atoms with Gasteiger partial charge in [0.15, 0.2) is 0 Å². The van der Waals surface area contributed by atoms with Gasteiger partial charge >= 0.3 is 6.09 Å². The molecule has 0 aliphatic rings. The Kier molecular flexibility index (Phi) is 6.74. The van der Waals surface area contributed by atoms with Crippen molar-refractivity contribution in [3.63, 3.8) is 0 Å². The van der Waals surface area contributed by atoms with Gasteiger partial charge < -0.3 is 14.4 Å². The van der Waals surface area contributed by atoms with Gasteiger partial charge in [-0.2, -0.15) is 0 Å². The molecule has 0 saturated heterocycles. The normalized spacial score (nSPS) is 10.3. The van der Waals surface area contributed by atoms with Gasteiger partial charge in [0.05, 0.1) is 7.11 Å². The van der Waals surface area contributed by atoms with Gasteiger partial charge in [-0.05, 0) is 25.2 Å². The minimum absolute atomic E-state index is 0.386. The maximum absolute atomic E-state index is 11.6. The lowest BCUT2D eigenvalue weighted by molar-refractivity contribution is 0.142. The fourth-order valence-electron chi connectivity index (χ4n) is 1.66. The molecule has 1 rings (SSSR count). The van der Waals surface area contributed by atoms with Crippen LogP contribution in [0.4, 0.5) is 10.5 Å². The second-order valence-corrected chi connectivity index (χ2v) is 4.02. The number of nitrogens with zero attached hydrogens (tertiary/aromatic N) is 1. The van der Waals surface area contributed by atoms with Crippen molar-refractivity contribution in [2.24, 2.45) is 0 Å². The number of ether oxygens (including phenoxy) is 2. The Hall–Kier alpha value is -1.75. The molecule has 0 radical (unpaired) electrons. The molecule has 0 fully saturated rings. The quantitative estimate of drug-likeness (QED) is 0.824. The highest BCUT2D eigenvalue weighted by molar-refractivity contribution is 5.84. The van der Waals surface area contributed by atoms with Crippen molar-refractivity contribution in [3.8, 4) is 5.75 Å². The standard InChI is InChI=1S/C14H22N2O3/c1-4-16(5-2)9-10-19-14(17)15-12-7-6-8-13(11-12)18-3/h6-8,11H,4-5,9-10H2,1-3H3,(H,15,17). The zero-order chi connectivity index (χ0) is 14.1. The molecule has 1 aromatic carbocycles. The van der Waals surface area contributed by atoms with Crippen molar-refractivity contribution < 1.29 is 14.3 Å². The second-order valence-electron chi connectivity index (χ2n) is 4.02. The van der Waals surface area contributed by atoms with Gasteiger partial charge in [-0.25, -0.2) is 4.79 Å². The number of likely N-dealkylation sites (N-methyl/N-ethyl adjacent to an activating group) is 1. The summed E-state index contributed by atoms with van der Waals surface area (Å²) in [4.78, 5) is 13.8. The first kappa shape index (κ1) is 15.3. The minimum Gasteiger partial charge on any atom is -0.497 e. The van der Waals surface area contributed by atoms with E-state index in [1.54, 1.807) is 19.2 Å². The summed E-state index contributed by atoms with van der Waals surface area (Å²) >= 11 is 0. The zero-order valence-corrected chi connectivity index (χ0v) is 11.8. The molecule has 1 aromatic rings. The molecule has 0 heterocycles. The van der Waals surface area contributed by atoms with Crippen molar-refractivity contribution in [1.29, 1.82) is 0 Å². The van der Waals surface area contributed by atoms with Crippen LogP contribution in [0, 0.1) is 0 Å². The minimum atomic E-state index is -0.444. The Balaban J connectivity index is 2.34. The largest absolute Gasteiger partial charge is 0.497 e. The number of benzene rings is 1. The summed E-state index contributed by atoms with van der Waals surface area (Å²) in [5, 5.41) is 2.67. The number of methoxy groups -OCH3 is 1. The molecule has 0 aliphatic heterocycles. The van der Waals surface area contributed by atoms with Crippen LogP contribution < -0.4 is 10.1 Å². The molecule has 0 aliphatic carbocycles. The van der Waals surface area contributed by atoms with Gasteiger partial charge in [0.2, 0.25) is 0 Å². The van der Waals surface area contributed by atoms with Crippen LogP contribution in [0.25, 0.3) is 0 Å². The SMILES string of the molecule is CCN(CC)CCOC(=O)Nc1cccc(OC)c1. The summed E-state index contributed by atoms with van der Waals surface area (Å²) < 4.78 is 10.2. The van der Waals surface area contributed by atoms with E-state index in [9.17, 15) is 4.79 Å². The highest BCUT2D eigenvalue weighted by Gasteiger charge is 2.05. The average molecular weight is 266 g/mol. The number of rotatable bonds is 7. The first-order valence-electron chi connectivity index (χ1n) is 6.49. The molecule has 0 aromatic heterocycles. The third-order valence-electron chi connectivity index (χ3n) is 2.85. The lowest BCUT2D eigenvalue weighted by atomic mass is 10.3. The molecule has 106 valence electrons. The Labute approximate surface area is 114 Å². The fourth-order valence-corrected chi connectivity index (χ4v) is 1.66. The summed E-state index contributed by atoms with van der Waals surface area (Å²) in [6.07, 6.45) is -0.444. The second kappa shape index (κ2) is 8.37. The summed E-state index contributed by atoms with van der Waals surface area (Å²) in [6.45, 7) is 7.21. The van der Waals surface area contributed by atoms with Crippen LogP contribution >= 0.6 is 0 Å². The maximum Gasteiger partial charge on any atom is 0.411 e. The smallest absolute Gasteiger partial charge is 0.411 e. The molecular formula is C14H22N2O3. The number of hydrogen-bond acceptors (Lipinski definition) is 4. The Morgan fingerprint density at radius 1 is 1.32 bits per heavy atom. The molecule has 0 unspecified atom stereocenters. The van der Waals surface area contributed by atoms with Crippen LogP contribution in [0.3, 0.4) is 0 Å². The number of carbonyl (C=O) groups is 1. The predicted octanol–water partition coefficient (Wildman–Crippen LogP) is 2.59. The van der Waals surface area contributed by atoms with E-state index in [0.717, 1.165) is 19.6 Å². The van der Waals surface area contributed by atoms with E-state index in [1.807, 2.05) is 12.1 Å². The van der Waals surface area contributed by atoms with Crippen molar-refractivity contribution >= 4 is 11.8 Å². The van der Waals surface area contributed by atoms with Gasteiger partial charge in [-0.15, -0.1) is 0 Å². The maximum atomic E-state index is 11.6. The molecule has 19 heavy (non-hydrogen) atoms. The molecule has 0 atom stereocenters. The first-order valence-corrected chi connectivity index (χ1v) is 6.49. The van der Waals surface area contributed by atoms with E-state index in [-0.39, 0.29) is 0 Å². The summed E-state index contributed by atoms with van der Waals surface area (Å²) in [6, 6.07) is 7.15. The lowest BCUT2D eigenvalue weighted by Gasteiger charge is -2.17. The van der Waals surface area contributed by atoms with Gasteiger partial charge in [0.25, 0.3) is 0 Å². The van der Waals surface area contributed by atoms with Crippen LogP contribution in [-0.2, 0) is 4.74 Å². The first-order chi connectivity index (χ1) is 9.19. The molecular weight excluding hydrogens is 244 g/mol. The monoisotopic (exact) mass is 266 g/mol. The van der Waals surface area contributed by atoms with Crippen LogP contribution in [0.15, 0.2) is 24.3 Å². The number of anilines is 1. The Morgan fingerprint density at radius 3 is 2.68 bits per heavy atom. The fraction of sp³-hybridized carbons (Fsp3) is 0.500. The van der Waals surface area contributed by atoms with E-state index in [2.05, 4.69) is 24.1 Å². The average Bonchev–Trinajstić information content (AvgIpc) is 2.44. The van der Waals surface area contributed by atoms with Gasteiger partial charge in [-0.3, -0.25) is 5.32 Å². The molecule has 0 saturated carbocycles. The van der Waals surface area contributed by atoms with E-state index in [4.69, 9.17) is 9.47 Å². The zero-order valence-electron chi connectivity index (χ0n) is 11.8. The van der Waals surface area contributed by atoms with Crippen molar-refractivity contribution in [2.75, 3.05) is 38.7 Å².